The number of nitrogens with one attached hydrogen (secondary N) is 2. The summed E-state index contributed by atoms with van der Waals surface area (Å²) in [6.07, 6.45) is -0.737. The normalized spacial score (nSPS) is 14.5. The van der Waals surface area contributed by atoms with Crippen molar-refractivity contribution in [1.82, 2.24) is 24.9 Å². The number of carbonyl (C=O) groups excluding carboxylic acids is 3. The van der Waals surface area contributed by atoms with E-state index in [1.165, 1.54) is 7.11 Å². The number of nitrogens with zero attached hydrogens (tertiary/aromatic N) is 4. The molecule has 2 aromatic heterocycles. The van der Waals surface area contributed by atoms with Crippen molar-refractivity contribution in [3.05, 3.63) is 82.2 Å². The van der Waals surface area contributed by atoms with E-state index in [0.717, 1.165) is 59.9 Å². The zero-order chi connectivity index (χ0) is 31.3. The summed E-state index contributed by atoms with van der Waals surface area (Å²) in [5.41, 5.74) is 1.89. The van der Waals surface area contributed by atoms with Crippen molar-refractivity contribution < 1.29 is 23.9 Å². The predicted molar refractivity (Wildman–Crippen MR) is 170 cm³/mol. The van der Waals surface area contributed by atoms with Crippen LogP contribution in [-0.2, 0) is 21.6 Å². The molecule has 1 aliphatic heterocycles. The molecule has 0 atom stereocenters. The summed E-state index contributed by atoms with van der Waals surface area (Å²) in [6, 6.07) is 18.8. The standard InChI is InChI=1S/C32H38N6O5S/c1-32(2,24-8-6-5-7-9-24)34-29(40)26-20-25-27(35-38(30(25)44-26)31(41)43-19-18-42-4)33-28(39)23-12-10-22(11-13-23)21-37-16-14-36(3)15-17-37/h5-13,20H,14-19,21H2,1-4H3,(H,34,40)(H,33,35,39). The molecule has 0 saturated carbocycles. The molecule has 1 fully saturated rings. The first-order valence-electron chi connectivity index (χ1n) is 14.5. The van der Waals surface area contributed by atoms with Gasteiger partial charge in [-0.3, -0.25) is 14.5 Å². The Hall–Kier alpha value is -4.10. The maximum Gasteiger partial charge on any atom is 0.436 e. The van der Waals surface area contributed by atoms with Gasteiger partial charge in [-0.05, 0) is 50.2 Å². The molecule has 0 unspecified atom stereocenters. The Labute approximate surface area is 260 Å². The molecule has 12 heteroatoms. The van der Waals surface area contributed by atoms with Crippen LogP contribution in [0, 0.1) is 0 Å². The highest BCUT2D eigenvalue weighted by Gasteiger charge is 2.27. The molecule has 4 aromatic rings. The van der Waals surface area contributed by atoms with Crippen LogP contribution in [0.5, 0.6) is 0 Å². The number of thiophene rings is 1. The van der Waals surface area contributed by atoms with E-state index in [-0.39, 0.29) is 30.8 Å². The molecule has 3 heterocycles. The number of aromatic nitrogens is 2. The second-order valence-electron chi connectivity index (χ2n) is 11.4. The summed E-state index contributed by atoms with van der Waals surface area (Å²) in [5.74, 6) is -0.529. The lowest BCUT2D eigenvalue weighted by molar-refractivity contribution is 0.0915. The molecule has 0 radical (unpaired) electrons. The molecule has 0 bridgehead atoms. The minimum absolute atomic E-state index is 0.0306. The second kappa shape index (κ2) is 13.7. The van der Waals surface area contributed by atoms with Crippen molar-refractivity contribution in [3.63, 3.8) is 0 Å². The number of ether oxygens (including phenoxy) is 2. The fourth-order valence-corrected chi connectivity index (χ4v) is 5.98. The van der Waals surface area contributed by atoms with E-state index in [0.29, 0.717) is 20.7 Å². The maximum absolute atomic E-state index is 13.4. The van der Waals surface area contributed by atoms with Crippen LogP contribution >= 0.6 is 11.3 Å². The van der Waals surface area contributed by atoms with Gasteiger partial charge in [-0.2, -0.15) is 4.68 Å². The molecule has 0 spiro atoms. The van der Waals surface area contributed by atoms with Crippen LogP contribution in [0.2, 0.25) is 0 Å². The number of fused-ring (bicyclic) bond motifs is 1. The van der Waals surface area contributed by atoms with Gasteiger partial charge in [-0.25, -0.2) is 4.79 Å². The van der Waals surface area contributed by atoms with Crippen LogP contribution < -0.4 is 10.6 Å². The molecule has 232 valence electrons. The van der Waals surface area contributed by atoms with Crippen molar-refractivity contribution in [2.75, 3.05) is 58.9 Å². The molecule has 1 saturated heterocycles. The lowest BCUT2D eigenvalue weighted by atomic mass is 9.94. The number of likely N-dealkylation sites (N-methyl/N-ethyl adjacent to an activating group) is 1. The van der Waals surface area contributed by atoms with Gasteiger partial charge in [-0.1, -0.05) is 42.5 Å². The third kappa shape index (κ3) is 7.33. The van der Waals surface area contributed by atoms with Crippen molar-refractivity contribution in [3.8, 4) is 0 Å². The van der Waals surface area contributed by atoms with Gasteiger partial charge in [0.1, 0.15) is 11.4 Å². The van der Waals surface area contributed by atoms with Crippen LogP contribution in [0.4, 0.5) is 10.6 Å². The second-order valence-corrected chi connectivity index (χ2v) is 12.4. The summed E-state index contributed by atoms with van der Waals surface area (Å²) >= 11 is 1.10. The van der Waals surface area contributed by atoms with Crippen LogP contribution in [-0.4, -0.2) is 91.0 Å². The van der Waals surface area contributed by atoms with Crippen LogP contribution in [0.1, 0.15) is 45.0 Å². The number of benzene rings is 2. The Morgan fingerprint density at radius 3 is 2.34 bits per heavy atom. The maximum atomic E-state index is 13.4. The Kier molecular flexibility index (Phi) is 9.74. The predicted octanol–water partition coefficient (Wildman–Crippen LogP) is 4.39. The highest BCUT2D eigenvalue weighted by atomic mass is 32.1. The third-order valence-corrected chi connectivity index (χ3v) is 8.75. The Bertz CT molecular complexity index is 1610. The number of anilines is 1. The highest BCUT2D eigenvalue weighted by molar-refractivity contribution is 7.20. The average Bonchev–Trinajstić information content (AvgIpc) is 3.60. The van der Waals surface area contributed by atoms with Crippen LogP contribution in [0.25, 0.3) is 10.2 Å². The molecule has 5 rings (SSSR count). The van der Waals surface area contributed by atoms with Gasteiger partial charge in [0.05, 0.1) is 22.4 Å². The zero-order valence-electron chi connectivity index (χ0n) is 25.5. The minimum atomic E-state index is -0.737. The van der Waals surface area contributed by atoms with E-state index in [4.69, 9.17) is 9.47 Å². The number of hydrogen-bond acceptors (Lipinski definition) is 9. The van der Waals surface area contributed by atoms with Gasteiger partial charge in [0.15, 0.2) is 5.82 Å². The summed E-state index contributed by atoms with van der Waals surface area (Å²) < 4.78 is 11.3. The zero-order valence-corrected chi connectivity index (χ0v) is 26.3. The molecule has 11 nitrogen and oxygen atoms in total. The largest absolute Gasteiger partial charge is 0.445 e. The highest BCUT2D eigenvalue weighted by Crippen LogP contribution is 2.33. The quantitative estimate of drug-likeness (QED) is 0.251. The fraction of sp³-hybridized carbons (Fsp3) is 0.375. The SMILES string of the molecule is COCCOC(=O)n1nc(NC(=O)c2ccc(CN3CCN(C)CC3)cc2)c2cc(C(=O)NC(C)(C)c3ccccc3)sc21. The van der Waals surface area contributed by atoms with Gasteiger partial charge in [0.2, 0.25) is 0 Å². The lowest BCUT2D eigenvalue weighted by Crippen LogP contribution is -2.43. The Morgan fingerprint density at radius 2 is 1.66 bits per heavy atom. The smallest absolute Gasteiger partial charge is 0.436 e. The van der Waals surface area contributed by atoms with E-state index in [1.807, 2.05) is 56.3 Å². The Morgan fingerprint density at radius 1 is 0.955 bits per heavy atom. The number of amides is 2. The molecular formula is C32H38N6O5S. The monoisotopic (exact) mass is 618 g/mol. The molecule has 44 heavy (non-hydrogen) atoms. The van der Waals surface area contributed by atoms with Gasteiger partial charge >= 0.3 is 6.09 Å². The summed E-state index contributed by atoms with van der Waals surface area (Å²) in [7, 11) is 3.64. The average molecular weight is 619 g/mol. The minimum Gasteiger partial charge on any atom is -0.445 e. The molecular weight excluding hydrogens is 580 g/mol. The van der Waals surface area contributed by atoms with Gasteiger partial charge < -0.3 is 25.0 Å². The van der Waals surface area contributed by atoms with E-state index in [9.17, 15) is 14.4 Å². The number of hydrogen-bond donors (Lipinski definition) is 2. The fourth-order valence-electron chi connectivity index (χ4n) is 4.99. The molecule has 2 aromatic carbocycles. The van der Waals surface area contributed by atoms with Crippen molar-refractivity contribution in [2.45, 2.75) is 25.9 Å². The van der Waals surface area contributed by atoms with E-state index >= 15 is 0 Å². The third-order valence-electron chi connectivity index (χ3n) is 7.64. The molecule has 2 N–H and O–H groups in total. The van der Waals surface area contributed by atoms with Crippen molar-refractivity contribution >= 4 is 45.3 Å². The van der Waals surface area contributed by atoms with Gasteiger partial charge in [-0.15, -0.1) is 16.4 Å². The summed E-state index contributed by atoms with van der Waals surface area (Å²) in [4.78, 5) is 45.1. The number of piperazine rings is 1. The van der Waals surface area contributed by atoms with Crippen LogP contribution in [0.15, 0.2) is 60.7 Å². The van der Waals surface area contributed by atoms with Crippen molar-refractivity contribution in [1.29, 1.82) is 0 Å². The topological polar surface area (TPSA) is 118 Å². The van der Waals surface area contributed by atoms with E-state index in [2.05, 4.69) is 32.6 Å². The summed E-state index contributed by atoms with van der Waals surface area (Å²) in [6.45, 7) is 9.02. The molecule has 2 amide bonds. The molecule has 0 aliphatic carbocycles. The molecule has 1 aliphatic rings. The van der Waals surface area contributed by atoms with Gasteiger partial charge in [0.25, 0.3) is 11.8 Å². The first-order valence-corrected chi connectivity index (χ1v) is 15.3. The number of rotatable bonds is 10. The van der Waals surface area contributed by atoms with Gasteiger partial charge in [0, 0.05) is 45.4 Å². The Balaban J connectivity index is 1.36. The first kappa shape index (κ1) is 31.3. The van der Waals surface area contributed by atoms with E-state index in [1.54, 1.807) is 18.2 Å². The summed E-state index contributed by atoms with van der Waals surface area (Å²) in [5, 5.41) is 10.7. The first-order chi connectivity index (χ1) is 21.1. The van der Waals surface area contributed by atoms with Crippen molar-refractivity contribution in [2.24, 2.45) is 0 Å². The lowest BCUT2D eigenvalue weighted by Gasteiger charge is -2.32. The number of methoxy groups -OCH3 is 1. The van der Waals surface area contributed by atoms with E-state index < -0.39 is 11.6 Å². The number of carbonyl (C=O) groups is 3. The van der Waals surface area contributed by atoms with Crippen LogP contribution in [0.3, 0.4) is 0 Å².